The van der Waals surface area contributed by atoms with E-state index in [1.165, 1.54) is 0 Å². The van der Waals surface area contributed by atoms with Crippen LogP contribution in [0.25, 0.3) is 0 Å². The topological polar surface area (TPSA) is 89.0 Å². The number of halogens is 3. The number of anilines is 1. The first kappa shape index (κ1) is 18.3. The summed E-state index contributed by atoms with van der Waals surface area (Å²) in [6, 6.07) is 8.99. The highest BCUT2D eigenvalue weighted by Crippen LogP contribution is 2.35. The van der Waals surface area contributed by atoms with Crippen LogP contribution in [0.5, 0.6) is 5.88 Å². The van der Waals surface area contributed by atoms with E-state index in [1.54, 1.807) is 24.3 Å². The van der Waals surface area contributed by atoms with Crippen LogP contribution < -0.4 is 10.5 Å². The molecule has 24 heavy (non-hydrogen) atoms. The molecule has 0 atom stereocenters. The molecular formula is C15H10Cl2FN3O2S. The molecule has 1 aromatic heterocycles. The van der Waals surface area contributed by atoms with Gasteiger partial charge >= 0.3 is 0 Å². The van der Waals surface area contributed by atoms with Gasteiger partial charge in [-0.15, -0.1) is 0 Å². The molecule has 2 aromatic rings. The second kappa shape index (κ2) is 8.20. The first-order valence-electron chi connectivity index (χ1n) is 6.50. The van der Waals surface area contributed by atoms with Crippen molar-refractivity contribution in [2.45, 2.75) is 5.75 Å². The van der Waals surface area contributed by atoms with Gasteiger partial charge in [0, 0.05) is 5.75 Å². The minimum atomic E-state index is -1.03. The highest BCUT2D eigenvalue weighted by Gasteiger charge is 2.17. The molecule has 2 N–H and O–H groups in total. The van der Waals surface area contributed by atoms with Gasteiger partial charge in [-0.25, -0.2) is 0 Å². The van der Waals surface area contributed by atoms with Crippen molar-refractivity contribution >= 4 is 45.8 Å². The Morgan fingerprint density at radius 2 is 2.08 bits per heavy atom. The molecule has 0 aliphatic rings. The maximum absolute atomic E-state index is 13.4. The summed E-state index contributed by atoms with van der Waals surface area (Å²) in [4.78, 5) is 15.3. The summed E-state index contributed by atoms with van der Waals surface area (Å²) >= 11 is 12.4. The zero-order valence-corrected chi connectivity index (χ0v) is 14.4. The predicted molar refractivity (Wildman–Crippen MR) is 91.6 cm³/mol. The van der Waals surface area contributed by atoms with Crippen LogP contribution >= 0.6 is 35.0 Å². The fourth-order valence-electron chi connectivity index (χ4n) is 1.69. The molecule has 1 aromatic carbocycles. The minimum Gasteiger partial charge on any atom is -0.467 e. The molecule has 5 nitrogen and oxygen atoms in total. The summed E-state index contributed by atoms with van der Waals surface area (Å²) in [5.41, 5.74) is 6.54. The number of carbonyl (C=O) groups excluding carboxylic acids is 1. The number of benzene rings is 1. The smallest absolute Gasteiger partial charge is 0.238 e. The molecule has 0 saturated heterocycles. The summed E-state index contributed by atoms with van der Waals surface area (Å²) in [5, 5.41) is 8.09. The number of nitrogens with zero attached hydrogens (tertiary/aromatic N) is 2. The maximum atomic E-state index is 13.4. The lowest BCUT2D eigenvalue weighted by Gasteiger charge is -2.09. The van der Waals surface area contributed by atoms with E-state index in [0.29, 0.717) is 11.3 Å². The lowest BCUT2D eigenvalue weighted by Crippen LogP contribution is -2.10. The fraction of sp³-hybridized carbons (Fsp3) is 0.133. The van der Waals surface area contributed by atoms with Crippen LogP contribution in [0.15, 0.2) is 24.3 Å². The van der Waals surface area contributed by atoms with Gasteiger partial charge in [-0.1, -0.05) is 53.2 Å². The molecule has 0 fully saturated rings. The highest BCUT2D eigenvalue weighted by atomic mass is 35.5. The third-order valence-corrected chi connectivity index (χ3v) is 4.51. The molecule has 0 spiro atoms. The van der Waals surface area contributed by atoms with Crippen molar-refractivity contribution < 1.29 is 13.9 Å². The highest BCUT2D eigenvalue weighted by molar-refractivity contribution is 8.13. The van der Waals surface area contributed by atoms with E-state index in [1.807, 2.05) is 0 Å². The van der Waals surface area contributed by atoms with Crippen LogP contribution in [0.3, 0.4) is 0 Å². The summed E-state index contributed by atoms with van der Waals surface area (Å²) in [6.45, 7) is -0.382. The number of ether oxygens (including phenoxy) is 1. The maximum Gasteiger partial charge on any atom is 0.238 e. The number of nitrogen functional groups attached to an aromatic ring is 1. The van der Waals surface area contributed by atoms with Crippen LogP contribution in [0.1, 0.15) is 11.1 Å². The standard InChI is InChI=1S/C15H10Cl2FN3O2S/c16-11-13(20)12(17)15(21-14(11)18)23-6-10(22)24-7-9-4-2-1-3-8(9)5-19/h1-4H,6-7H2,(H2,20,21). The quantitative estimate of drug-likeness (QED) is 0.786. The van der Waals surface area contributed by atoms with Gasteiger partial charge in [0.15, 0.2) is 6.61 Å². The SMILES string of the molecule is N#Cc1ccccc1CSC(=O)COc1nc(F)c(Cl)c(N)c1Cl. The monoisotopic (exact) mass is 385 g/mol. The van der Waals surface area contributed by atoms with E-state index in [4.69, 9.17) is 38.9 Å². The molecule has 1 heterocycles. The van der Waals surface area contributed by atoms with Crippen molar-refractivity contribution in [1.29, 1.82) is 5.26 Å². The van der Waals surface area contributed by atoms with Gasteiger partial charge in [-0.2, -0.15) is 14.6 Å². The second-order valence-corrected chi connectivity index (χ2v) is 6.26. The lowest BCUT2D eigenvalue weighted by molar-refractivity contribution is -0.112. The molecule has 9 heteroatoms. The van der Waals surface area contributed by atoms with Crippen LogP contribution in [-0.2, 0) is 10.5 Å². The van der Waals surface area contributed by atoms with E-state index < -0.39 is 11.0 Å². The number of rotatable bonds is 5. The molecular weight excluding hydrogens is 376 g/mol. The molecule has 0 bridgehead atoms. The second-order valence-electron chi connectivity index (χ2n) is 4.47. The van der Waals surface area contributed by atoms with Crippen LogP contribution in [0.4, 0.5) is 10.1 Å². The molecule has 0 radical (unpaired) electrons. The lowest BCUT2D eigenvalue weighted by atomic mass is 10.1. The van der Waals surface area contributed by atoms with Crippen molar-refractivity contribution in [3.8, 4) is 11.9 Å². The van der Waals surface area contributed by atoms with Crippen molar-refractivity contribution in [3.05, 3.63) is 51.4 Å². The van der Waals surface area contributed by atoms with Crippen molar-refractivity contribution in [2.75, 3.05) is 12.3 Å². The van der Waals surface area contributed by atoms with Gasteiger partial charge in [0.05, 0.1) is 17.3 Å². The first-order chi connectivity index (χ1) is 11.4. The van der Waals surface area contributed by atoms with Gasteiger partial charge in [0.2, 0.25) is 16.9 Å². The van der Waals surface area contributed by atoms with Crippen LogP contribution in [0, 0.1) is 17.3 Å². The average molecular weight is 386 g/mol. The molecule has 124 valence electrons. The fourth-order valence-corrected chi connectivity index (χ4v) is 2.77. The Balaban J connectivity index is 1.96. The number of pyridine rings is 1. The Kier molecular flexibility index (Phi) is 6.26. The van der Waals surface area contributed by atoms with Gasteiger partial charge in [-0.05, 0) is 11.6 Å². The van der Waals surface area contributed by atoms with Crippen molar-refractivity contribution in [3.63, 3.8) is 0 Å². The molecule has 0 saturated carbocycles. The number of nitriles is 1. The Labute approximate surface area is 151 Å². The molecule has 2 rings (SSSR count). The number of nitrogens with two attached hydrogens (primary N) is 1. The van der Waals surface area contributed by atoms with E-state index in [2.05, 4.69) is 11.1 Å². The third-order valence-electron chi connectivity index (χ3n) is 2.89. The summed E-state index contributed by atoms with van der Waals surface area (Å²) in [5.74, 6) is -1.02. The molecule has 0 amide bonds. The molecule has 0 aliphatic heterocycles. The Morgan fingerprint density at radius 1 is 1.38 bits per heavy atom. The average Bonchev–Trinajstić information content (AvgIpc) is 2.60. The number of carbonyl (C=O) groups is 1. The number of hydrogen-bond donors (Lipinski definition) is 1. The summed E-state index contributed by atoms with van der Waals surface area (Å²) in [6.07, 6.45) is 0. The minimum absolute atomic E-state index is 0.158. The Bertz CT molecular complexity index is 827. The van der Waals surface area contributed by atoms with Gasteiger partial charge in [0.1, 0.15) is 10.0 Å². The molecule has 0 unspecified atom stereocenters. The van der Waals surface area contributed by atoms with Gasteiger partial charge in [-0.3, -0.25) is 4.79 Å². The summed E-state index contributed by atoms with van der Waals surface area (Å²) < 4.78 is 18.5. The zero-order valence-electron chi connectivity index (χ0n) is 12.1. The normalized spacial score (nSPS) is 10.2. The molecule has 0 aliphatic carbocycles. The number of hydrogen-bond acceptors (Lipinski definition) is 6. The number of aromatic nitrogens is 1. The number of thioether (sulfide) groups is 1. The van der Waals surface area contributed by atoms with E-state index >= 15 is 0 Å². The third kappa shape index (κ3) is 4.29. The van der Waals surface area contributed by atoms with Gasteiger partial charge < -0.3 is 10.5 Å². The van der Waals surface area contributed by atoms with Crippen LogP contribution in [0.2, 0.25) is 10.0 Å². The van der Waals surface area contributed by atoms with E-state index in [-0.39, 0.29) is 28.3 Å². The largest absolute Gasteiger partial charge is 0.467 e. The van der Waals surface area contributed by atoms with Gasteiger partial charge in [0.25, 0.3) is 0 Å². The summed E-state index contributed by atoms with van der Waals surface area (Å²) in [7, 11) is 0. The first-order valence-corrected chi connectivity index (χ1v) is 8.24. The van der Waals surface area contributed by atoms with E-state index in [0.717, 1.165) is 17.3 Å². The van der Waals surface area contributed by atoms with Crippen LogP contribution in [-0.4, -0.2) is 16.7 Å². The Hall–Kier alpha value is -2.01. The zero-order chi connectivity index (χ0) is 17.7. The van der Waals surface area contributed by atoms with Crippen molar-refractivity contribution in [1.82, 2.24) is 4.98 Å². The predicted octanol–water partition coefficient (Wildman–Crippen LogP) is 3.82. The van der Waals surface area contributed by atoms with Crippen molar-refractivity contribution in [2.24, 2.45) is 0 Å². The van der Waals surface area contributed by atoms with E-state index in [9.17, 15) is 9.18 Å². The Morgan fingerprint density at radius 3 is 2.79 bits per heavy atom.